The Morgan fingerprint density at radius 3 is 2.27 bits per heavy atom. The molecule has 2 N–H and O–H groups in total. The third-order valence-electron chi connectivity index (χ3n) is 5.55. The quantitative estimate of drug-likeness (QED) is 0.347. The van der Waals surface area contributed by atoms with Crippen molar-refractivity contribution in [2.75, 3.05) is 58.8 Å². The number of halogens is 1. The van der Waals surface area contributed by atoms with Crippen molar-refractivity contribution < 1.29 is 5.11 Å². The van der Waals surface area contributed by atoms with Crippen LogP contribution >= 0.6 is 24.0 Å². The van der Waals surface area contributed by atoms with E-state index in [4.69, 9.17) is 0 Å². The second-order valence-corrected chi connectivity index (χ2v) is 7.70. The molecular weight excluding hydrogens is 489 g/mol. The van der Waals surface area contributed by atoms with Gasteiger partial charge in [-0.1, -0.05) is 42.5 Å². The van der Waals surface area contributed by atoms with E-state index in [1.807, 2.05) is 25.2 Å². The van der Waals surface area contributed by atoms with Crippen LogP contribution in [0.25, 0.3) is 0 Å². The highest BCUT2D eigenvalue weighted by atomic mass is 127. The number of aromatic hydroxyl groups is 1. The summed E-state index contributed by atoms with van der Waals surface area (Å²) in [6, 6.07) is 18.6. The molecule has 0 radical (unpaired) electrons. The maximum absolute atomic E-state index is 10.1. The van der Waals surface area contributed by atoms with E-state index in [0.29, 0.717) is 11.8 Å². The number of aliphatic imine (C=N–C) groups is 1. The van der Waals surface area contributed by atoms with Gasteiger partial charge in [0, 0.05) is 45.8 Å². The molecule has 0 aromatic heterocycles. The number of guanidine groups is 1. The zero-order chi connectivity index (χ0) is 20.6. The molecule has 3 rings (SSSR count). The Bertz CT molecular complexity index is 791. The molecular formula is C23H34IN5O. The summed E-state index contributed by atoms with van der Waals surface area (Å²) in [6.07, 6.45) is 0.999. The van der Waals surface area contributed by atoms with Crippen LogP contribution in [-0.2, 0) is 6.42 Å². The maximum Gasteiger partial charge on any atom is 0.193 e. The molecule has 1 fully saturated rings. The molecule has 0 amide bonds. The molecule has 2 aromatic rings. The number of hydrogen-bond acceptors (Lipinski definition) is 4. The van der Waals surface area contributed by atoms with Gasteiger partial charge in [0.05, 0.1) is 5.69 Å². The van der Waals surface area contributed by atoms with Gasteiger partial charge in [-0.05, 0) is 38.2 Å². The highest BCUT2D eigenvalue weighted by Gasteiger charge is 2.22. The Labute approximate surface area is 197 Å². The number of nitrogens with zero attached hydrogens (tertiary/aromatic N) is 4. The van der Waals surface area contributed by atoms with Gasteiger partial charge in [0.15, 0.2) is 5.96 Å². The first-order valence-corrected chi connectivity index (χ1v) is 10.3. The molecule has 1 saturated heterocycles. The Kier molecular flexibility index (Phi) is 9.71. The van der Waals surface area contributed by atoms with E-state index in [-0.39, 0.29) is 24.0 Å². The van der Waals surface area contributed by atoms with Crippen LogP contribution in [-0.4, -0.2) is 80.8 Å². The van der Waals surface area contributed by atoms with Crippen molar-refractivity contribution in [1.82, 2.24) is 15.1 Å². The van der Waals surface area contributed by atoms with Crippen molar-refractivity contribution in [2.24, 2.45) is 4.99 Å². The number of rotatable bonds is 6. The van der Waals surface area contributed by atoms with Gasteiger partial charge in [-0.2, -0.15) is 0 Å². The predicted molar refractivity (Wildman–Crippen MR) is 136 cm³/mol. The summed E-state index contributed by atoms with van der Waals surface area (Å²) in [7, 11) is 6.10. The minimum absolute atomic E-state index is 0. The molecule has 0 saturated carbocycles. The smallest absolute Gasteiger partial charge is 0.193 e. The number of para-hydroxylation sites is 2. The van der Waals surface area contributed by atoms with Gasteiger partial charge < -0.3 is 25.1 Å². The minimum Gasteiger partial charge on any atom is -0.506 e. The summed E-state index contributed by atoms with van der Waals surface area (Å²) in [6.45, 7) is 4.31. The molecule has 6 nitrogen and oxygen atoms in total. The molecule has 0 spiro atoms. The van der Waals surface area contributed by atoms with Gasteiger partial charge in [-0.3, -0.25) is 4.99 Å². The molecule has 1 heterocycles. The van der Waals surface area contributed by atoms with Crippen LogP contribution in [0.5, 0.6) is 5.75 Å². The van der Waals surface area contributed by atoms with Crippen molar-refractivity contribution >= 4 is 35.6 Å². The lowest BCUT2D eigenvalue weighted by atomic mass is 10.1. The first kappa shape index (κ1) is 24.3. The van der Waals surface area contributed by atoms with Crippen molar-refractivity contribution in [3.63, 3.8) is 0 Å². The Balaban J connectivity index is 0.00000320. The minimum atomic E-state index is 0. The monoisotopic (exact) mass is 523 g/mol. The van der Waals surface area contributed by atoms with Gasteiger partial charge in [-0.15, -0.1) is 24.0 Å². The lowest BCUT2D eigenvalue weighted by Crippen LogP contribution is -2.54. The number of phenolic OH excluding ortho intramolecular Hbond substituents is 1. The third-order valence-corrected chi connectivity index (χ3v) is 5.55. The van der Waals surface area contributed by atoms with Gasteiger partial charge >= 0.3 is 0 Å². The fourth-order valence-corrected chi connectivity index (χ4v) is 3.76. The molecule has 1 aliphatic heterocycles. The average Bonchev–Trinajstić information content (AvgIpc) is 2.75. The molecule has 0 aliphatic carbocycles. The summed E-state index contributed by atoms with van der Waals surface area (Å²) in [5.41, 5.74) is 2.25. The lowest BCUT2D eigenvalue weighted by Gasteiger charge is -2.38. The van der Waals surface area contributed by atoms with Crippen molar-refractivity contribution in [3.05, 3.63) is 60.2 Å². The third kappa shape index (κ3) is 6.50. The zero-order valence-corrected chi connectivity index (χ0v) is 20.5. The van der Waals surface area contributed by atoms with Crippen LogP contribution in [0, 0.1) is 0 Å². The van der Waals surface area contributed by atoms with E-state index in [0.717, 1.165) is 50.8 Å². The molecule has 1 aliphatic rings. The van der Waals surface area contributed by atoms with Crippen LogP contribution in [0.4, 0.5) is 5.69 Å². The lowest BCUT2D eigenvalue weighted by molar-refractivity contribution is 0.285. The summed E-state index contributed by atoms with van der Waals surface area (Å²) < 4.78 is 0. The largest absolute Gasteiger partial charge is 0.506 e. The van der Waals surface area contributed by atoms with Crippen LogP contribution < -0.4 is 10.2 Å². The number of nitrogens with one attached hydrogen (secondary N) is 1. The Morgan fingerprint density at radius 2 is 1.67 bits per heavy atom. The van der Waals surface area contributed by atoms with E-state index in [2.05, 4.69) is 69.4 Å². The van der Waals surface area contributed by atoms with Gasteiger partial charge in [0.25, 0.3) is 0 Å². The van der Waals surface area contributed by atoms with Gasteiger partial charge in [0.1, 0.15) is 5.75 Å². The fourth-order valence-electron chi connectivity index (χ4n) is 3.76. The molecule has 30 heavy (non-hydrogen) atoms. The van der Waals surface area contributed by atoms with Gasteiger partial charge in [-0.25, -0.2) is 0 Å². The normalized spacial score (nSPS) is 15.7. The average molecular weight is 523 g/mol. The van der Waals surface area contributed by atoms with Crippen LogP contribution in [0.1, 0.15) is 5.56 Å². The number of phenols is 1. The standard InChI is InChI=1S/C23H33N5O.HI/c1-24-23(25-18-20(26(2)3)17-19-9-5-4-6-10-19)28-15-13-27(14-16-28)21-11-7-8-12-22(21)29;/h4-12,20,29H,13-18H2,1-3H3,(H,24,25);1H. The van der Waals surface area contributed by atoms with Crippen LogP contribution in [0.15, 0.2) is 59.6 Å². The van der Waals surface area contributed by atoms with Crippen LogP contribution in [0.2, 0.25) is 0 Å². The highest BCUT2D eigenvalue weighted by molar-refractivity contribution is 14.0. The first-order valence-electron chi connectivity index (χ1n) is 10.3. The molecule has 1 unspecified atom stereocenters. The molecule has 2 aromatic carbocycles. The number of hydrogen-bond donors (Lipinski definition) is 2. The van der Waals surface area contributed by atoms with E-state index in [9.17, 15) is 5.11 Å². The molecule has 0 bridgehead atoms. The van der Waals surface area contributed by atoms with E-state index in [1.54, 1.807) is 6.07 Å². The summed E-state index contributed by atoms with van der Waals surface area (Å²) in [5, 5.41) is 13.7. The summed E-state index contributed by atoms with van der Waals surface area (Å²) >= 11 is 0. The SMILES string of the molecule is CN=C(NCC(Cc1ccccc1)N(C)C)N1CCN(c2ccccc2O)CC1.I. The number of piperazine rings is 1. The van der Waals surface area contributed by atoms with Crippen molar-refractivity contribution in [3.8, 4) is 5.75 Å². The summed E-state index contributed by atoms with van der Waals surface area (Å²) in [5.74, 6) is 1.29. The summed E-state index contributed by atoms with van der Waals surface area (Å²) in [4.78, 5) is 11.3. The van der Waals surface area contributed by atoms with Gasteiger partial charge in [0.2, 0.25) is 0 Å². The second kappa shape index (κ2) is 12.0. The maximum atomic E-state index is 10.1. The predicted octanol–water partition coefficient (Wildman–Crippen LogP) is 2.88. The first-order chi connectivity index (χ1) is 14.1. The molecule has 7 heteroatoms. The number of anilines is 1. The van der Waals surface area contributed by atoms with E-state index in [1.165, 1.54) is 5.56 Å². The van der Waals surface area contributed by atoms with Crippen LogP contribution in [0.3, 0.4) is 0 Å². The highest BCUT2D eigenvalue weighted by Crippen LogP contribution is 2.27. The Morgan fingerprint density at radius 1 is 1.03 bits per heavy atom. The zero-order valence-electron chi connectivity index (χ0n) is 18.2. The van der Waals surface area contributed by atoms with Crippen molar-refractivity contribution in [1.29, 1.82) is 0 Å². The molecule has 1 atom stereocenters. The topological polar surface area (TPSA) is 54.3 Å². The number of benzene rings is 2. The second-order valence-electron chi connectivity index (χ2n) is 7.70. The van der Waals surface area contributed by atoms with E-state index < -0.39 is 0 Å². The number of likely N-dealkylation sites (N-methyl/N-ethyl adjacent to an activating group) is 1. The Hall–Kier alpha value is -2.00. The molecule has 164 valence electrons. The van der Waals surface area contributed by atoms with E-state index >= 15 is 0 Å². The van der Waals surface area contributed by atoms with Crippen molar-refractivity contribution in [2.45, 2.75) is 12.5 Å². The fraction of sp³-hybridized carbons (Fsp3) is 0.435.